The first-order valence-corrected chi connectivity index (χ1v) is 8.96. The van der Waals surface area contributed by atoms with Crippen LogP contribution in [0.2, 0.25) is 0 Å². The van der Waals surface area contributed by atoms with Crippen LogP contribution in [-0.2, 0) is 10.2 Å². The third-order valence-electron chi connectivity index (χ3n) is 4.32. The number of nitrogens with one attached hydrogen (secondary N) is 1. The Hall–Kier alpha value is -3.41. The molecule has 0 radical (unpaired) electrons. The fourth-order valence-corrected chi connectivity index (χ4v) is 2.95. The van der Waals surface area contributed by atoms with Gasteiger partial charge in [-0.05, 0) is 29.2 Å². The summed E-state index contributed by atoms with van der Waals surface area (Å²) in [6.45, 7) is 6.25. The summed E-state index contributed by atoms with van der Waals surface area (Å²) in [6, 6.07) is 18.3. The lowest BCUT2D eigenvalue weighted by atomic mass is 9.86. The minimum Gasteiger partial charge on any atom is -0.464 e. The Bertz CT molecular complexity index is 1000. The standard InChI is InChI=1S/C22H23N3O3/c1-22(2,3)16-12-8-9-13-17(16)23-20(26)19-14-18(21(27)28-4)24-25(19)15-10-6-5-7-11-15/h5-14H,1-4H3,(H,23,26). The van der Waals surface area contributed by atoms with E-state index < -0.39 is 5.97 Å². The first kappa shape index (κ1) is 19.4. The highest BCUT2D eigenvalue weighted by atomic mass is 16.5. The van der Waals surface area contributed by atoms with Gasteiger partial charge in [-0.1, -0.05) is 57.2 Å². The van der Waals surface area contributed by atoms with E-state index in [9.17, 15) is 9.59 Å². The van der Waals surface area contributed by atoms with Gasteiger partial charge in [-0.25, -0.2) is 9.48 Å². The molecule has 0 aliphatic rings. The molecule has 2 aromatic carbocycles. The second-order valence-electron chi connectivity index (χ2n) is 7.40. The molecule has 0 bridgehead atoms. The fourth-order valence-electron chi connectivity index (χ4n) is 2.95. The summed E-state index contributed by atoms with van der Waals surface area (Å²) >= 11 is 0. The monoisotopic (exact) mass is 377 g/mol. The molecule has 28 heavy (non-hydrogen) atoms. The molecule has 1 N–H and O–H groups in total. The van der Waals surface area contributed by atoms with Gasteiger partial charge in [0.15, 0.2) is 5.69 Å². The van der Waals surface area contributed by atoms with Crippen molar-refractivity contribution in [2.45, 2.75) is 26.2 Å². The molecule has 1 amide bonds. The molecule has 0 saturated carbocycles. The van der Waals surface area contributed by atoms with E-state index in [2.05, 4.69) is 31.2 Å². The molecule has 3 rings (SSSR count). The van der Waals surface area contributed by atoms with E-state index in [-0.39, 0.29) is 22.7 Å². The Morgan fingerprint density at radius 1 is 1.00 bits per heavy atom. The van der Waals surface area contributed by atoms with E-state index in [0.717, 1.165) is 11.3 Å². The van der Waals surface area contributed by atoms with Crippen LogP contribution in [0.5, 0.6) is 0 Å². The fraction of sp³-hybridized carbons (Fsp3) is 0.227. The summed E-state index contributed by atoms with van der Waals surface area (Å²) < 4.78 is 6.20. The molecule has 0 aliphatic carbocycles. The number of aromatic nitrogens is 2. The highest BCUT2D eigenvalue weighted by Gasteiger charge is 2.23. The van der Waals surface area contributed by atoms with Crippen LogP contribution in [0.1, 0.15) is 47.3 Å². The molecule has 0 saturated heterocycles. The third kappa shape index (κ3) is 3.96. The van der Waals surface area contributed by atoms with E-state index >= 15 is 0 Å². The van der Waals surface area contributed by atoms with Crippen LogP contribution < -0.4 is 5.32 Å². The lowest BCUT2D eigenvalue weighted by Gasteiger charge is -2.23. The lowest BCUT2D eigenvalue weighted by molar-refractivity contribution is 0.0593. The summed E-state index contributed by atoms with van der Waals surface area (Å²) in [5.74, 6) is -0.956. The van der Waals surface area contributed by atoms with Crippen molar-refractivity contribution in [1.29, 1.82) is 0 Å². The van der Waals surface area contributed by atoms with Gasteiger partial charge < -0.3 is 10.1 Å². The van der Waals surface area contributed by atoms with Crippen LogP contribution in [0, 0.1) is 0 Å². The van der Waals surface area contributed by atoms with Gasteiger partial charge >= 0.3 is 5.97 Å². The zero-order valence-corrected chi connectivity index (χ0v) is 16.4. The number of carbonyl (C=O) groups is 2. The van der Waals surface area contributed by atoms with Gasteiger partial charge in [-0.3, -0.25) is 4.79 Å². The van der Waals surface area contributed by atoms with Crippen LogP contribution >= 0.6 is 0 Å². The second kappa shape index (κ2) is 7.68. The maximum Gasteiger partial charge on any atom is 0.358 e. The zero-order chi connectivity index (χ0) is 20.3. The molecule has 0 atom stereocenters. The number of amides is 1. The lowest BCUT2D eigenvalue weighted by Crippen LogP contribution is -2.20. The Morgan fingerprint density at radius 3 is 2.29 bits per heavy atom. The van der Waals surface area contributed by atoms with Crippen LogP contribution in [0.25, 0.3) is 5.69 Å². The van der Waals surface area contributed by atoms with Crippen molar-refractivity contribution in [1.82, 2.24) is 9.78 Å². The van der Waals surface area contributed by atoms with Gasteiger partial charge in [0.25, 0.3) is 5.91 Å². The normalized spacial score (nSPS) is 11.1. The number of methoxy groups -OCH3 is 1. The van der Waals surface area contributed by atoms with Crippen molar-refractivity contribution >= 4 is 17.6 Å². The summed E-state index contributed by atoms with van der Waals surface area (Å²) in [7, 11) is 1.28. The van der Waals surface area contributed by atoms with E-state index in [4.69, 9.17) is 4.74 Å². The van der Waals surface area contributed by atoms with Crippen molar-refractivity contribution in [2.75, 3.05) is 12.4 Å². The maximum absolute atomic E-state index is 13.1. The van der Waals surface area contributed by atoms with Gasteiger partial charge in [-0.2, -0.15) is 5.10 Å². The first-order valence-electron chi connectivity index (χ1n) is 8.96. The van der Waals surface area contributed by atoms with Crippen LogP contribution in [-0.4, -0.2) is 28.8 Å². The van der Waals surface area contributed by atoms with E-state index in [1.165, 1.54) is 17.9 Å². The molecule has 0 spiro atoms. The second-order valence-corrected chi connectivity index (χ2v) is 7.40. The van der Waals surface area contributed by atoms with Crippen molar-refractivity contribution in [3.8, 4) is 5.69 Å². The van der Waals surface area contributed by atoms with Crippen molar-refractivity contribution in [2.24, 2.45) is 0 Å². The molecule has 1 aromatic heterocycles. The number of para-hydroxylation sites is 2. The van der Waals surface area contributed by atoms with Gasteiger partial charge in [0.05, 0.1) is 12.8 Å². The Kier molecular flexibility index (Phi) is 5.31. The number of rotatable bonds is 4. The summed E-state index contributed by atoms with van der Waals surface area (Å²) in [4.78, 5) is 25.0. The molecule has 144 valence electrons. The largest absolute Gasteiger partial charge is 0.464 e. The average molecular weight is 377 g/mol. The topological polar surface area (TPSA) is 73.2 Å². The molecule has 0 aliphatic heterocycles. The molecule has 1 heterocycles. The van der Waals surface area contributed by atoms with Crippen LogP contribution in [0.15, 0.2) is 60.7 Å². The summed E-state index contributed by atoms with van der Waals surface area (Å²) in [6.07, 6.45) is 0. The van der Waals surface area contributed by atoms with Crippen LogP contribution in [0.4, 0.5) is 5.69 Å². The smallest absolute Gasteiger partial charge is 0.358 e. The number of benzene rings is 2. The van der Waals surface area contributed by atoms with Crippen molar-refractivity contribution < 1.29 is 14.3 Å². The van der Waals surface area contributed by atoms with Crippen molar-refractivity contribution in [3.63, 3.8) is 0 Å². The number of anilines is 1. The minimum atomic E-state index is -0.598. The Morgan fingerprint density at radius 2 is 1.64 bits per heavy atom. The molecule has 0 fully saturated rings. The van der Waals surface area contributed by atoms with E-state index in [1.54, 1.807) is 0 Å². The van der Waals surface area contributed by atoms with Gasteiger partial charge in [-0.15, -0.1) is 0 Å². The predicted octanol–water partition coefficient (Wildman–Crippen LogP) is 4.21. The van der Waals surface area contributed by atoms with Gasteiger partial charge in [0.1, 0.15) is 5.69 Å². The minimum absolute atomic E-state index is 0.0700. The number of esters is 1. The Balaban J connectivity index is 2.03. The SMILES string of the molecule is COC(=O)c1cc(C(=O)Nc2ccccc2C(C)(C)C)n(-c2ccccc2)n1. The molecule has 3 aromatic rings. The number of nitrogens with zero attached hydrogens (tertiary/aromatic N) is 2. The van der Waals surface area contributed by atoms with Gasteiger partial charge in [0, 0.05) is 11.8 Å². The highest BCUT2D eigenvalue weighted by Crippen LogP contribution is 2.29. The van der Waals surface area contributed by atoms with E-state index in [0.29, 0.717) is 5.69 Å². The molecule has 6 heteroatoms. The summed E-state index contributed by atoms with van der Waals surface area (Å²) in [5.41, 5.74) is 2.59. The van der Waals surface area contributed by atoms with Crippen molar-refractivity contribution in [3.05, 3.63) is 77.6 Å². The molecule has 6 nitrogen and oxygen atoms in total. The number of hydrogen-bond acceptors (Lipinski definition) is 4. The average Bonchev–Trinajstić information content (AvgIpc) is 3.13. The predicted molar refractivity (Wildman–Crippen MR) is 108 cm³/mol. The molecular formula is C22H23N3O3. The van der Waals surface area contributed by atoms with Gasteiger partial charge in [0.2, 0.25) is 0 Å². The Labute approximate surface area is 164 Å². The van der Waals surface area contributed by atoms with Crippen LogP contribution in [0.3, 0.4) is 0 Å². The maximum atomic E-state index is 13.1. The molecular weight excluding hydrogens is 354 g/mol. The number of ether oxygens (including phenoxy) is 1. The number of hydrogen-bond donors (Lipinski definition) is 1. The third-order valence-corrected chi connectivity index (χ3v) is 4.32. The quantitative estimate of drug-likeness (QED) is 0.691. The molecule has 0 unspecified atom stereocenters. The summed E-state index contributed by atoms with van der Waals surface area (Å²) in [5, 5.41) is 7.23. The zero-order valence-electron chi connectivity index (χ0n) is 16.4. The first-order chi connectivity index (χ1) is 13.3. The van der Waals surface area contributed by atoms with E-state index in [1.807, 2.05) is 54.6 Å². The highest BCUT2D eigenvalue weighted by molar-refractivity contribution is 6.05. The number of carbonyl (C=O) groups excluding carboxylic acids is 2.